The second-order valence-electron chi connectivity index (χ2n) is 6.32. The molecule has 0 spiro atoms. The number of carbonyl (C=O) groups excluding carboxylic acids is 1. The van der Waals surface area contributed by atoms with Crippen LogP contribution in [0.1, 0.15) is 15.2 Å². The van der Waals surface area contributed by atoms with Crippen LogP contribution in [0, 0.1) is 0 Å². The van der Waals surface area contributed by atoms with E-state index in [4.69, 9.17) is 4.74 Å². The van der Waals surface area contributed by atoms with Crippen LogP contribution in [-0.2, 0) is 11.2 Å². The van der Waals surface area contributed by atoms with E-state index in [0.717, 1.165) is 28.0 Å². The first-order valence-electron chi connectivity index (χ1n) is 8.99. The van der Waals surface area contributed by atoms with Gasteiger partial charge in [0.2, 0.25) is 5.91 Å². The Balaban J connectivity index is 2.01. The molecule has 0 aliphatic carbocycles. The van der Waals surface area contributed by atoms with Gasteiger partial charge < -0.3 is 14.7 Å². The fourth-order valence-electron chi connectivity index (χ4n) is 3.05. The van der Waals surface area contributed by atoms with E-state index in [9.17, 15) is 14.7 Å². The largest absolute Gasteiger partial charge is 0.497 e. The van der Waals surface area contributed by atoms with E-state index in [2.05, 4.69) is 6.58 Å². The molecule has 0 radical (unpaired) electrons. The van der Waals surface area contributed by atoms with E-state index >= 15 is 0 Å². The van der Waals surface area contributed by atoms with E-state index in [1.807, 2.05) is 42.5 Å². The molecule has 1 heterocycles. The van der Waals surface area contributed by atoms with Crippen LogP contribution in [-0.4, -0.2) is 30.6 Å². The fraction of sp³-hybridized carbons (Fsp3) is 0.130. The zero-order valence-corrected chi connectivity index (χ0v) is 16.8. The Morgan fingerprint density at radius 1 is 1.14 bits per heavy atom. The number of hydrogen-bond acceptors (Lipinski definition) is 4. The van der Waals surface area contributed by atoms with Gasteiger partial charge in [0.1, 0.15) is 10.6 Å². The van der Waals surface area contributed by atoms with Crippen LogP contribution in [0.25, 0.3) is 11.1 Å². The quantitative estimate of drug-likeness (QED) is 0.540. The first-order valence-corrected chi connectivity index (χ1v) is 9.87. The molecule has 29 heavy (non-hydrogen) atoms. The van der Waals surface area contributed by atoms with Crippen molar-refractivity contribution >= 4 is 28.9 Å². The van der Waals surface area contributed by atoms with Gasteiger partial charge in [-0.15, -0.1) is 17.9 Å². The summed E-state index contributed by atoms with van der Waals surface area (Å²) in [6.07, 6.45) is 1.74. The van der Waals surface area contributed by atoms with Crippen LogP contribution in [0.5, 0.6) is 5.75 Å². The first-order chi connectivity index (χ1) is 14.0. The van der Waals surface area contributed by atoms with Gasteiger partial charge in [0.05, 0.1) is 19.2 Å². The number of ether oxygens (including phenoxy) is 1. The van der Waals surface area contributed by atoms with E-state index in [0.29, 0.717) is 11.4 Å². The SMILES string of the molecule is C=CCN(C(=O)Cc1ccc(OC)cc1)c1c(-c2ccccc2)csc1C(=O)O. The minimum absolute atomic E-state index is 0.133. The molecule has 148 valence electrons. The molecule has 5 nitrogen and oxygen atoms in total. The predicted molar refractivity (Wildman–Crippen MR) is 116 cm³/mol. The summed E-state index contributed by atoms with van der Waals surface area (Å²) in [4.78, 5) is 26.7. The Kier molecular flexibility index (Phi) is 6.46. The molecule has 0 saturated carbocycles. The Morgan fingerprint density at radius 3 is 2.41 bits per heavy atom. The Labute approximate surface area is 173 Å². The van der Waals surface area contributed by atoms with Crippen LogP contribution in [0.4, 0.5) is 5.69 Å². The lowest BCUT2D eigenvalue weighted by Crippen LogP contribution is -2.33. The third kappa shape index (κ3) is 4.55. The highest BCUT2D eigenvalue weighted by Crippen LogP contribution is 2.39. The molecular weight excluding hydrogens is 386 g/mol. The minimum atomic E-state index is -1.06. The number of amides is 1. The summed E-state index contributed by atoms with van der Waals surface area (Å²) >= 11 is 1.12. The summed E-state index contributed by atoms with van der Waals surface area (Å²) in [6, 6.07) is 16.7. The summed E-state index contributed by atoms with van der Waals surface area (Å²) in [7, 11) is 1.58. The smallest absolute Gasteiger partial charge is 0.348 e. The predicted octanol–water partition coefficient (Wildman–Crippen LogP) is 4.88. The molecule has 1 N–H and O–H groups in total. The van der Waals surface area contributed by atoms with Crippen molar-refractivity contribution in [3.8, 4) is 16.9 Å². The lowest BCUT2D eigenvalue weighted by Gasteiger charge is -2.23. The van der Waals surface area contributed by atoms with Gasteiger partial charge in [-0.25, -0.2) is 4.79 Å². The van der Waals surface area contributed by atoms with Crippen LogP contribution < -0.4 is 9.64 Å². The van der Waals surface area contributed by atoms with Gasteiger partial charge in [0.15, 0.2) is 0 Å². The van der Waals surface area contributed by atoms with Crippen molar-refractivity contribution in [3.63, 3.8) is 0 Å². The van der Waals surface area contributed by atoms with Crippen molar-refractivity contribution in [3.05, 3.63) is 83.1 Å². The Bertz CT molecular complexity index is 1010. The molecular formula is C23H21NO4S. The van der Waals surface area contributed by atoms with Crippen molar-refractivity contribution in [1.29, 1.82) is 0 Å². The molecule has 6 heteroatoms. The molecule has 1 amide bonds. The van der Waals surface area contributed by atoms with Gasteiger partial charge in [-0.2, -0.15) is 0 Å². The Morgan fingerprint density at radius 2 is 1.83 bits per heavy atom. The van der Waals surface area contributed by atoms with Crippen molar-refractivity contribution in [2.75, 3.05) is 18.6 Å². The number of rotatable bonds is 8. The number of nitrogens with zero attached hydrogens (tertiary/aromatic N) is 1. The molecule has 0 unspecified atom stereocenters. The van der Waals surface area contributed by atoms with E-state index in [1.165, 1.54) is 4.90 Å². The number of anilines is 1. The summed E-state index contributed by atoms with van der Waals surface area (Å²) in [5.41, 5.74) is 2.81. The second-order valence-corrected chi connectivity index (χ2v) is 7.20. The summed E-state index contributed by atoms with van der Waals surface area (Å²) in [6.45, 7) is 3.96. The van der Waals surface area contributed by atoms with E-state index in [-0.39, 0.29) is 23.7 Å². The molecule has 0 bridgehead atoms. The third-order valence-electron chi connectivity index (χ3n) is 4.44. The summed E-state index contributed by atoms with van der Waals surface area (Å²) in [5.74, 6) is -0.548. The molecule has 0 fully saturated rings. The van der Waals surface area contributed by atoms with Crippen molar-refractivity contribution in [1.82, 2.24) is 0 Å². The monoisotopic (exact) mass is 407 g/mol. The van der Waals surface area contributed by atoms with Crippen molar-refractivity contribution in [2.45, 2.75) is 6.42 Å². The molecule has 0 saturated heterocycles. The minimum Gasteiger partial charge on any atom is -0.497 e. The highest BCUT2D eigenvalue weighted by Gasteiger charge is 2.27. The van der Waals surface area contributed by atoms with Crippen molar-refractivity contribution < 1.29 is 19.4 Å². The standard InChI is InChI=1S/C23H21NO4S/c1-3-13-24(20(25)14-16-9-11-18(28-2)12-10-16)21-19(15-29-22(21)23(26)27)17-7-5-4-6-8-17/h3-12,15H,1,13-14H2,2H3,(H,26,27). The number of aromatic carboxylic acids is 1. The average molecular weight is 407 g/mol. The van der Waals surface area contributed by atoms with Gasteiger partial charge in [-0.05, 0) is 23.3 Å². The number of carbonyl (C=O) groups is 2. The highest BCUT2D eigenvalue weighted by atomic mass is 32.1. The maximum atomic E-state index is 13.2. The van der Waals surface area contributed by atoms with Gasteiger partial charge in [-0.3, -0.25) is 4.79 Å². The second kappa shape index (κ2) is 9.21. The maximum Gasteiger partial charge on any atom is 0.348 e. The molecule has 1 aromatic heterocycles. The van der Waals surface area contributed by atoms with Crippen LogP contribution in [0.2, 0.25) is 0 Å². The number of methoxy groups -OCH3 is 1. The third-order valence-corrected chi connectivity index (χ3v) is 5.40. The topological polar surface area (TPSA) is 66.8 Å². The number of hydrogen-bond donors (Lipinski definition) is 1. The van der Waals surface area contributed by atoms with Crippen molar-refractivity contribution in [2.24, 2.45) is 0 Å². The first kappa shape index (κ1) is 20.4. The highest BCUT2D eigenvalue weighted by molar-refractivity contribution is 7.13. The van der Waals surface area contributed by atoms with Crippen LogP contribution >= 0.6 is 11.3 Å². The summed E-state index contributed by atoms with van der Waals surface area (Å²) < 4.78 is 5.15. The lowest BCUT2D eigenvalue weighted by molar-refractivity contribution is -0.117. The number of carboxylic acids is 1. The summed E-state index contributed by atoms with van der Waals surface area (Å²) in [5, 5.41) is 11.5. The maximum absolute atomic E-state index is 13.2. The zero-order valence-electron chi connectivity index (χ0n) is 16.0. The molecule has 2 aromatic carbocycles. The number of carboxylic acid groups (broad SMARTS) is 1. The number of benzene rings is 2. The average Bonchev–Trinajstić information content (AvgIpc) is 3.18. The normalized spacial score (nSPS) is 10.4. The van der Waals surface area contributed by atoms with Crippen LogP contribution in [0.3, 0.4) is 0 Å². The van der Waals surface area contributed by atoms with Gasteiger partial charge in [-0.1, -0.05) is 48.5 Å². The van der Waals surface area contributed by atoms with Gasteiger partial charge in [0.25, 0.3) is 0 Å². The Hall–Kier alpha value is -3.38. The molecule has 3 aromatic rings. The van der Waals surface area contributed by atoms with Crippen LogP contribution in [0.15, 0.2) is 72.6 Å². The molecule has 3 rings (SSSR count). The zero-order chi connectivity index (χ0) is 20.8. The van der Waals surface area contributed by atoms with E-state index < -0.39 is 5.97 Å². The van der Waals surface area contributed by atoms with Gasteiger partial charge in [0, 0.05) is 17.5 Å². The van der Waals surface area contributed by atoms with E-state index in [1.54, 1.807) is 30.7 Å². The molecule has 0 aliphatic rings. The molecule has 0 atom stereocenters. The number of thiophene rings is 1. The van der Waals surface area contributed by atoms with Gasteiger partial charge >= 0.3 is 5.97 Å². The lowest BCUT2D eigenvalue weighted by atomic mass is 10.0. The fourth-order valence-corrected chi connectivity index (χ4v) is 3.97. The molecule has 0 aliphatic heterocycles.